The molecular weight excluding hydrogens is 246 g/mol. The van der Waals surface area contributed by atoms with Crippen molar-refractivity contribution in [1.82, 2.24) is 10.3 Å². The van der Waals surface area contributed by atoms with E-state index in [1.165, 1.54) is 4.70 Å². The molecule has 4 nitrogen and oxygen atoms in total. The molecule has 1 aromatic carbocycles. The second kappa shape index (κ2) is 5.12. The van der Waals surface area contributed by atoms with E-state index in [1.807, 2.05) is 19.1 Å². The van der Waals surface area contributed by atoms with Crippen LogP contribution in [0.2, 0.25) is 0 Å². The zero-order valence-corrected chi connectivity index (χ0v) is 11.3. The van der Waals surface area contributed by atoms with E-state index in [9.17, 15) is 0 Å². The van der Waals surface area contributed by atoms with Gasteiger partial charge in [-0.05, 0) is 25.1 Å². The predicted octanol–water partition coefficient (Wildman–Crippen LogP) is 2.10. The largest absolute Gasteiger partial charge is 0.494 e. The number of benzene rings is 1. The lowest BCUT2D eigenvalue weighted by molar-refractivity contribution is 0.341. The average Bonchev–Trinajstić information content (AvgIpc) is 2.83. The molecule has 96 valence electrons. The zero-order valence-electron chi connectivity index (χ0n) is 10.5. The second-order valence-corrected chi connectivity index (χ2v) is 5.31. The van der Waals surface area contributed by atoms with Crippen molar-refractivity contribution in [3.8, 4) is 5.75 Å². The van der Waals surface area contributed by atoms with Crippen LogP contribution < -0.4 is 15.0 Å². The molecule has 3 rings (SSSR count). The van der Waals surface area contributed by atoms with Crippen molar-refractivity contribution in [2.45, 2.75) is 6.92 Å². The number of piperazine rings is 1. The summed E-state index contributed by atoms with van der Waals surface area (Å²) in [6, 6.07) is 6.12. The lowest BCUT2D eigenvalue weighted by Gasteiger charge is -2.26. The van der Waals surface area contributed by atoms with Gasteiger partial charge in [-0.2, -0.15) is 0 Å². The lowest BCUT2D eigenvalue weighted by Crippen LogP contribution is -2.43. The molecule has 5 heteroatoms. The average molecular weight is 263 g/mol. The van der Waals surface area contributed by atoms with E-state index in [1.54, 1.807) is 11.3 Å². The molecule has 0 radical (unpaired) electrons. The Labute approximate surface area is 111 Å². The van der Waals surface area contributed by atoms with Gasteiger partial charge in [0.15, 0.2) is 5.13 Å². The van der Waals surface area contributed by atoms with Crippen LogP contribution in [0.3, 0.4) is 0 Å². The van der Waals surface area contributed by atoms with E-state index < -0.39 is 0 Å². The van der Waals surface area contributed by atoms with Gasteiger partial charge < -0.3 is 15.0 Å². The number of ether oxygens (including phenoxy) is 1. The Morgan fingerprint density at radius 1 is 1.39 bits per heavy atom. The summed E-state index contributed by atoms with van der Waals surface area (Å²) in [5.74, 6) is 0.931. The Morgan fingerprint density at radius 3 is 3.00 bits per heavy atom. The summed E-state index contributed by atoms with van der Waals surface area (Å²) in [6.07, 6.45) is 0. The standard InChI is InChI=1S/C13H17N3OS/c1-2-17-10-3-4-11-12(9-10)18-13(15-11)16-7-5-14-6-8-16/h3-4,9,14H,2,5-8H2,1H3. The summed E-state index contributed by atoms with van der Waals surface area (Å²) in [7, 11) is 0. The first-order valence-corrected chi connectivity index (χ1v) is 7.17. The zero-order chi connectivity index (χ0) is 12.4. The van der Waals surface area contributed by atoms with Crippen LogP contribution in [0.4, 0.5) is 5.13 Å². The maximum absolute atomic E-state index is 5.52. The van der Waals surface area contributed by atoms with E-state index in [-0.39, 0.29) is 0 Å². The molecule has 0 spiro atoms. The lowest BCUT2D eigenvalue weighted by atomic mass is 10.3. The fourth-order valence-corrected chi connectivity index (χ4v) is 3.19. The van der Waals surface area contributed by atoms with Gasteiger partial charge in [0.1, 0.15) is 5.75 Å². The van der Waals surface area contributed by atoms with Crippen molar-refractivity contribution < 1.29 is 4.74 Å². The van der Waals surface area contributed by atoms with Crippen LogP contribution in [0.25, 0.3) is 10.2 Å². The molecule has 18 heavy (non-hydrogen) atoms. The van der Waals surface area contributed by atoms with Gasteiger partial charge in [-0.25, -0.2) is 4.98 Å². The molecule has 1 fully saturated rings. The number of hydrogen-bond donors (Lipinski definition) is 1. The molecule has 1 N–H and O–H groups in total. The predicted molar refractivity (Wildman–Crippen MR) is 75.9 cm³/mol. The third kappa shape index (κ3) is 2.28. The van der Waals surface area contributed by atoms with Crippen molar-refractivity contribution in [2.75, 3.05) is 37.7 Å². The summed E-state index contributed by atoms with van der Waals surface area (Å²) in [4.78, 5) is 7.05. The molecule has 0 atom stereocenters. The topological polar surface area (TPSA) is 37.4 Å². The Balaban J connectivity index is 1.89. The monoisotopic (exact) mass is 263 g/mol. The minimum atomic E-state index is 0.703. The number of fused-ring (bicyclic) bond motifs is 1. The SMILES string of the molecule is CCOc1ccc2nc(N3CCNCC3)sc2c1. The first-order chi connectivity index (χ1) is 8.86. The number of anilines is 1. The highest BCUT2D eigenvalue weighted by Crippen LogP contribution is 2.31. The quantitative estimate of drug-likeness (QED) is 0.920. The van der Waals surface area contributed by atoms with Crippen molar-refractivity contribution in [3.63, 3.8) is 0 Å². The van der Waals surface area contributed by atoms with Crippen molar-refractivity contribution in [1.29, 1.82) is 0 Å². The molecule has 1 aliphatic rings. The normalized spacial score (nSPS) is 16.2. The maximum atomic E-state index is 5.52. The molecule has 0 bridgehead atoms. The van der Waals surface area contributed by atoms with Gasteiger partial charge in [0, 0.05) is 26.2 Å². The number of nitrogens with one attached hydrogen (secondary N) is 1. The Bertz CT molecular complexity index is 534. The molecule has 1 saturated heterocycles. The van der Waals surface area contributed by atoms with Gasteiger partial charge in [-0.15, -0.1) is 0 Å². The Hall–Kier alpha value is -1.33. The minimum absolute atomic E-state index is 0.703. The number of thiazole rings is 1. The minimum Gasteiger partial charge on any atom is -0.494 e. The van der Waals surface area contributed by atoms with E-state index in [2.05, 4.69) is 16.3 Å². The van der Waals surface area contributed by atoms with Crippen LogP contribution in [-0.2, 0) is 0 Å². The fourth-order valence-electron chi connectivity index (χ4n) is 2.14. The van der Waals surface area contributed by atoms with Crippen molar-refractivity contribution in [2.24, 2.45) is 0 Å². The molecule has 0 amide bonds. The smallest absolute Gasteiger partial charge is 0.186 e. The number of nitrogens with zero attached hydrogens (tertiary/aromatic N) is 2. The summed E-state index contributed by atoms with van der Waals surface area (Å²) in [6.45, 7) is 6.87. The summed E-state index contributed by atoms with van der Waals surface area (Å²) < 4.78 is 6.73. The van der Waals surface area contributed by atoms with Crippen LogP contribution in [0.15, 0.2) is 18.2 Å². The van der Waals surface area contributed by atoms with Gasteiger partial charge >= 0.3 is 0 Å². The number of hydrogen-bond acceptors (Lipinski definition) is 5. The van der Waals surface area contributed by atoms with Crippen LogP contribution >= 0.6 is 11.3 Å². The molecule has 2 heterocycles. The Kier molecular flexibility index (Phi) is 3.34. The number of aromatic nitrogens is 1. The van der Waals surface area contributed by atoms with Gasteiger partial charge in [0.25, 0.3) is 0 Å². The first kappa shape index (κ1) is 11.7. The molecule has 1 aliphatic heterocycles. The van der Waals surface area contributed by atoms with Gasteiger partial charge in [-0.3, -0.25) is 0 Å². The van der Waals surface area contributed by atoms with Crippen molar-refractivity contribution in [3.05, 3.63) is 18.2 Å². The second-order valence-electron chi connectivity index (χ2n) is 4.30. The molecule has 2 aromatic rings. The molecule has 0 aliphatic carbocycles. The van der Waals surface area contributed by atoms with Crippen LogP contribution in [0, 0.1) is 0 Å². The third-order valence-corrected chi connectivity index (χ3v) is 4.13. The van der Waals surface area contributed by atoms with Crippen LogP contribution in [-0.4, -0.2) is 37.8 Å². The van der Waals surface area contributed by atoms with Crippen molar-refractivity contribution >= 4 is 26.7 Å². The van der Waals surface area contributed by atoms with Crippen LogP contribution in [0.5, 0.6) is 5.75 Å². The first-order valence-electron chi connectivity index (χ1n) is 6.36. The van der Waals surface area contributed by atoms with Gasteiger partial charge in [0.2, 0.25) is 0 Å². The van der Waals surface area contributed by atoms with E-state index in [0.717, 1.165) is 42.6 Å². The summed E-state index contributed by atoms with van der Waals surface area (Å²) >= 11 is 1.75. The fraction of sp³-hybridized carbons (Fsp3) is 0.462. The van der Waals surface area contributed by atoms with Crippen LogP contribution in [0.1, 0.15) is 6.92 Å². The Morgan fingerprint density at radius 2 is 2.22 bits per heavy atom. The molecule has 0 unspecified atom stereocenters. The van der Waals surface area contributed by atoms with E-state index in [0.29, 0.717) is 6.61 Å². The maximum Gasteiger partial charge on any atom is 0.186 e. The molecule has 0 saturated carbocycles. The van der Waals surface area contributed by atoms with E-state index >= 15 is 0 Å². The summed E-state index contributed by atoms with van der Waals surface area (Å²) in [5, 5.41) is 4.48. The highest BCUT2D eigenvalue weighted by Gasteiger charge is 2.14. The van der Waals surface area contributed by atoms with E-state index in [4.69, 9.17) is 9.72 Å². The van der Waals surface area contributed by atoms with Gasteiger partial charge in [-0.1, -0.05) is 11.3 Å². The molecular formula is C13H17N3OS. The highest BCUT2D eigenvalue weighted by atomic mass is 32.1. The number of rotatable bonds is 3. The third-order valence-electron chi connectivity index (χ3n) is 3.05. The summed E-state index contributed by atoms with van der Waals surface area (Å²) in [5.41, 5.74) is 1.07. The molecule has 1 aromatic heterocycles. The van der Waals surface area contributed by atoms with Gasteiger partial charge in [0.05, 0.1) is 16.8 Å². The highest BCUT2D eigenvalue weighted by molar-refractivity contribution is 7.22.